The van der Waals surface area contributed by atoms with Crippen LogP contribution in [0.1, 0.15) is 25.2 Å². The first-order valence-electron chi connectivity index (χ1n) is 3.69. The Kier molecular flexibility index (Phi) is 4.18. The van der Waals surface area contributed by atoms with Crippen molar-refractivity contribution in [1.82, 2.24) is 9.97 Å². The maximum atomic E-state index is 9.08. The van der Waals surface area contributed by atoms with Crippen LogP contribution in [0.3, 0.4) is 0 Å². The van der Waals surface area contributed by atoms with Crippen LogP contribution in [0.25, 0.3) is 0 Å². The maximum absolute atomic E-state index is 9.08. The van der Waals surface area contributed by atoms with Gasteiger partial charge in [-0.3, -0.25) is 0 Å². The summed E-state index contributed by atoms with van der Waals surface area (Å²) in [6.45, 7) is 7.48. The van der Waals surface area contributed by atoms with Crippen LogP contribution in [-0.4, -0.2) is 15.1 Å². The molecule has 0 saturated carbocycles. The Morgan fingerprint density at radius 1 is 1.09 bits per heavy atom. The molecule has 0 atom stereocenters. The van der Waals surface area contributed by atoms with Gasteiger partial charge in [-0.1, -0.05) is 13.8 Å². The van der Waals surface area contributed by atoms with Crippen LogP contribution in [-0.2, 0) is 0 Å². The second kappa shape index (κ2) is 4.66. The molecule has 0 bridgehead atoms. The number of aromatic hydroxyl groups is 1. The van der Waals surface area contributed by atoms with E-state index >= 15 is 0 Å². The molecule has 1 aromatic heterocycles. The molecule has 0 spiro atoms. The maximum Gasteiger partial charge on any atom is 0.158 e. The van der Waals surface area contributed by atoms with Crippen LogP contribution in [0.15, 0.2) is 6.33 Å². The number of hydrogen-bond donors (Lipinski definition) is 1. The van der Waals surface area contributed by atoms with Gasteiger partial charge in [-0.25, -0.2) is 9.97 Å². The van der Waals surface area contributed by atoms with Gasteiger partial charge < -0.3 is 5.11 Å². The van der Waals surface area contributed by atoms with E-state index in [2.05, 4.69) is 9.97 Å². The van der Waals surface area contributed by atoms with Crippen molar-refractivity contribution in [2.75, 3.05) is 0 Å². The van der Waals surface area contributed by atoms with Gasteiger partial charge in [0.1, 0.15) is 6.33 Å². The first-order valence-corrected chi connectivity index (χ1v) is 3.69. The van der Waals surface area contributed by atoms with Crippen LogP contribution in [0.5, 0.6) is 5.75 Å². The van der Waals surface area contributed by atoms with Crippen molar-refractivity contribution in [3.05, 3.63) is 17.7 Å². The highest BCUT2D eigenvalue weighted by Crippen LogP contribution is 2.14. The summed E-state index contributed by atoms with van der Waals surface area (Å²) in [5, 5.41) is 9.08. The molecule has 0 saturated heterocycles. The van der Waals surface area contributed by atoms with Crippen molar-refractivity contribution >= 4 is 0 Å². The van der Waals surface area contributed by atoms with Crippen LogP contribution in [0.4, 0.5) is 0 Å². The summed E-state index contributed by atoms with van der Waals surface area (Å²) in [5.41, 5.74) is 1.25. The summed E-state index contributed by atoms with van der Waals surface area (Å²) >= 11 is 0. The number of aryl methyl sites for hydroxylation is 2. The van der Waals surface area contributed by atoms with Crippen molar-refractivity contribution in [2.24, 2.45) is 0 Å². The summed E-state index contributed by atoms with van der Waals surface area (Å²) in [7, 11) is 0. The molecule has 3 heteroatoms. The SMILES string of the molecule is CC.Cc1ncnc(C)c1O. The van der Waals surface area contributed by atoms with E-state index in [4.69, 9.17) is 5.11 Å². The van der Waals surface area contributed by atoms with Crippen LogP contribution >= 0.6 is 0 Å². The van der Waals surface area contributed by atoms with Gasteiger partial charge in [0.05, 0.1) is 11.4 Å². The van der Waals surface area contributed by atoms with Crippen molar-refractivity contribution in [3.63, 3.8) is 0 Å². The molecule has 1 N–H and O–H groups in total. The number of nitrogens with zero attached hydrogens (tertiary/aromatic N) is 2. The first kappa shape index (κ1) is 9.88. The smallest absolute Gasteiger partial charge is 0.158 e. The van der Waals surface area contributed by atoms with Crippen LogP contribution in [0, 0.1) is 13.8 Å². The lowest BCUT2D eigenvalue weighted by atomic mass is 10.3. The van der Waals surface area contributed by atoms with E-state index in [1.54, 1.807) is 13.8 Å². The molecule has 0 aromatic carbocycles. The molecular weight excluding hydrogens is 140 g/mol. The lowest BCUT2D eigenvalue weighted by molar-refractivity contribution is 0.459. The third-order valence-electron chi connectivity index (χ3n) is 1.19. The van der Waals surface area contributed by atoms with Crippen molar-refractivity contribution in [2.45, 2.75) is 27.7 Å². The lowest BCUT2D eigenvalue weighted by Gasteiger charge is -1.97. The van der Waals surface area contributed by atoms with E-state index in [-0.39, 0.29) is 5.75 Å². The third-order valence-corrected chi connectivity index (χ3v) is 1.19. The van der Waals surface area contributed by atoms with Crippen molar-refractivity contribution in [3.8, 4) is 5.75 Å². The molecular formula is C8H14N2O. The molecule has 0 fully saturated rings. The number of hydrogen-bond acceptors (Lipinski definition) is 3. The standard InChI is InChI=1S/C6H8N2O.C2H6/c1-4-6(9)5(2)8-3-7-4;1-2/h3,9H,1-2H3;1-2H3. The fourth-order valence-electron chi connectivity index (χ4n) is 0.586. The molecule has 0 aliphatic rings. The minimum atomic E-state index is 0.192. The minimum Gasteiger partial charge on any atom is -0.504 e. The summed E-state index contributed by atoms with van der Waals surface area (Å²) in [5.74, 6) is 0.192. The van der Waals surface area contributed by atoms with Gasteiger partial charge in [-0.15, -0.1) is 0 Å². The fourth-order valence-corrected chi connectivity index (χ4v) is 0.586. The Balaban J connectivity index is 0.000000461. The Labute approximate surface area is 67.1 Å². The molecule has 0 radical (unpaired) electrons. The molecule has 0 aliphatic carbocycles. The largest absolute Gasteiger partial charge is 0.504 e. The van der Waals surface area contributed by atoms with Gasteiger partial charge in [0.2, 0.25) is 0 Å². The van der Waals surface area contributed by atoms with Crippen molar-refractivity contribution in [1.29, 1.82) is 0 Å². The lowest BCUT2D eigenvalue weighted by Crippen LogP contribution is -1.87. The fraction of sp³-hybridized carbons (Fsp3) is 0.500. The topological polar surface area (TPSA) is 46.0 Å². The first-order chi connectivity index (χ1) is 5.22. The molecule has 62 valence electrons. The molecule has 0 amide bonds. The van der Waals surface area contributed by atoms with Crippen LogP contribution < -0.4 is 0 Å². The predicted octanol–water partition coefficient (Wildman–Crippen LogP) is 1.83. The van der Waals surface area contributed by atoms with Crippen LogP contribution in [0.2, 0.25) is 0 Å². The second-order valence-corrected chi connectivity index (χ2v) is 1.89. The molecule has 1 rings (SSSR count). The Morgan fingerprint density at radius 2 is 1.45 bits per heavy atom. The minimum absolute atomic E-state index is 0.192. The second-order valence-electron chi connectivity index (χ2n) is 1.89. The van der Waals surface area contributed by atoms with Gasteiger partial charge in [-0.05, 0) is 13.8 Å². The molecule has 11 heavy (non-hydrogen) atoms. The average molecular weight is 154 g/mol. The predicted molar refractivity (Wildman–Crippen MR) is 44.5 cm³/mol. The number of aromatic nitrogens is 2. The highest BCUT2D eigenvalue weighted by Gasteiger charge is 1.98. The Morgan fingerprint density at radius 3 is 1.73 bits per heavy atom. The zero-order valence-electron chi connectivity index (χ0n) is 7.42. The van der Waals surface area contributed by atoms with Crippen molar-refractivity contribution < 1.29 is 5.11 Å². The summed E-state index contributed by atoms with van der Waals surface area (Å²) < 4.78 is 0. The summed E-state index contributed by atoms with van der Waals surface area (Å²) in [4.78, 5) is 7.56. The zero-order valence-corrected chi connectivity index (χ0v) is 7.42. The normalized spacial score (nSPS) is 8.36. The molecule has 1 aromatic rings. The van der Waals surface area contributed by atoms with Gasteiger partial charge >= 0.3 is 0 Å². The molecule has 0 aliphatic heterocycles. The van der Waals surface area contributed by atoms with Gasteiger partial charge in [0.15, 0.2) is 5.75 Å². The Bertz CT molecular complexity index is 203. The van der Waals surface area contributed by atoms with E-state index < -0.39 is 0 Å². The van der Waals surface area contributed by atoms with Gasteiger partial charge in [0, 0.05) is 0 Å². The quantitative estimate of drug-likeness (QED) is 0.620. The van der Waals surface area contributed by atoms with E-state index in [0.717, 1.165) is 0 Å². The van der Waals surface area contributed by atoms with E-state index in [1.807, 2.05) is 13.8 Å². The Hall–Kier alpha value is -1.12. The van der Waals surface area contributed by atoms with E-state index in [0.29, 0.717) is 11.4 Å². The summed E-state index contributed by atoms with van der Waals surface area (Å²) in [6, 6.07) is 0. The number of rotatable bonds is 0. The van der Waals surface area contributed by atoms with E-state index in [1.165, 1.54) is 6.33 Å². The molecule has 3 nitrogen and oxygen atoms in total. The van der Waals surface area contributed by atoms with Gasteiger partial charge in [0.25, 0.3) is 0 Å². The highest BCUT2D eigenvalue weighted by atomic mass is 16.3. The monoisotopic (exact) mass is 154 g/mol. The zero-order chi connectivity index (χ0) is 8.85. The van der Waals surface area contributed by atoms with Gasteiger partial charge in [-0.2, -0.15) is 0 Å². The highest BCUT2D eigenvalue weighted by molar-refractivity contribution is 5.27. The third kappa shape index (κ3) is 2.53. The molecule has 1 heterocycles. The summed E-state index contributed by atoms with van der Waals surface area (Å²) in [6.07, 6.45) is 1.43. The average Bonchev–Trinajstić information content (AvgIpc) is 2.04. The molecule has 0 unspecified atom stereocenters. The van der Waals surface area contributed by atoms with E-state index in [9.17, 15) is 0 Å².